The quantitative estimate of drug-likeness (QED) is 0.830. The molecule has 0 aromatic heterocycles. The molecule has 0 bridgehead atoms. The first-order valence-corrected chi connectivity index (χ1v) is 6.33. The van der Waals surface area contributed by atoms with Crippen molar-refractivity contribution in [2.24, 2.45) is 0 Å². The van der Waals surface area contributed by atoms with E-state index in [1.807, 2.05) is 6.07 Å². The Hall–Kier alpha value is -2.22. The monoisotopic (exact) mass is 305 g/mol. The summed E-state index contributed by atoms with van der Waals surface area (Å²) in [5.74, 6) is -0.445. The molecule has 0 saturated heterocycles. The molecule has 0 spiro atoms. The third-order valence-electron chi connectivity index (χ3n) is 2.62. The van der Waals surface area contributed by atoms with Gasteiger partial charge in [-0.05, 0) is 30.3 Å². The Bertz CT molecular complexity index is 703. The lowest BCUT2D eigenvalue weighted by atomic mass is 10.1. The van der Waals surface area contributed by atoms with Crippen LogP contribution in [0.2, 0.25) is 10.0 Å². The van der Waals surface area contributed by atoms with Gasteiger partial charge >= 0.3 is 0 Å². The van der Waals surface area contributed by atoms with Crippen LogP contribution in [-0.2, 0) is 0 Å². The molecule has 4 nitrogen and oxygen atoms in total. The Balaban J connectivity index is 2.31. The highest BCUT2D eigenvalue weighted by Gasteiger charge is 2.14. The van der Waals surface area contributed by atoms with Crippen LogP contribution >= 0.6 is 23.2 Å². The number of nitriles is 1. The highest BCUT2D eigenvalue weighted by Crippen LogP contribution is 2.24. The van der Waals surface area contributed by atoms with Crippen molar-refractivity contribution in [2.75, 3.05) is 11.1 Å². The number of hydrogen-bond acceptors (Lipinski definition) is 3. The van der Waals surface area contributed by atoms with Crippen LogP contribution in [0.5, 0.6) is 0 Å². The summed E-state index contributed by atoms with van der Waals surface area (Å²) in [5, 5.41) is 12.1. The van der Waals surface area contributed by atoms with Crippen LogP contribution in [0.4, 0.5) is 11.4 Å². The van der Waals surface area contributed by atoms with E-state index in [0.29, 0.717) is 10.7 Å². The highest BCUT2D eigenvalue weighted by atomic mass is 35.5. The predicted molar refractivity (Wildman–Crippen MR) is 80.0 cm³/mol. The maximum Gasteiger partial charge on any atom is 0.259 e. The van der Waals surface area contributed by atoms with Gasteiger partial charge in [-0.2, -0.15) is 5.26 Å². The van der Waals surface area contributed by atoms with Gasteiger partial charge in [0, 0.05) is 11.4 Å². The molecule has 2 rings (SSSR count). The maximum atomic E-state index is 12.1. The SMILES string of the molecule is N#Cc1cc(NC(=O)c2c(N)cccc2Cl)ccc1Cl. The standard InChI is InChI=1S/C14H9Cl2N3O/c15-10-5-4-9(6-8(10)7-17)19-14(20)13-11(16)2-1-3-12(13)18/h1-6H,18H2,(H,19,20). The Labute approximate surface area is 125 Å². The fourth-order valence-corrected chi connectivity index (χ4v) is 2.09. The Morgan fingerprint density at radius 2 is 1.95 bits per heavy atom. The van der Waals surface area contributed by atoms with Gasteiger partial charge in [0.25, 0.3) is 5.91 Å². The number of nitrogens with zero attached hydrogens (tertiary/aromatic N) is 1. The number of carbonyl (C=O) groups is 1. The number of carbonyl (C=O) groups excluding carboxylic acids is 1. The van der Waals surface area contributed by atoms with Gasteiger partial charge in [-0.25, -0.2) is 0 Å². The number of nitrogens with one attached hydrogen (secondary N) is 1. The maximum absolute atomic E-state index is 12.1. The van der Waals surface area contributed by atoms with E-state index in [1.54, 1.807) is 24.3 Å². The van der Waals surface area contributed by atoms with E-state index in [9.17, 15) is 4.79 Å². The second-order valence-corrected chi connectivity index (χ2v) is 4.78. The smallest absolute Gasteiger partial charge is 0.259 e. The van der Waals surface area contributed by atoms with E-state index in [1.165, 1.54) is 12.1 Å². The number of anilines is 2. The van der Waals surface area contributed by atoms with E-state index in [-0.39, 0.29) is 21.8 Å². The molecule has 2 aromatic rings. The van der Waals surface area contributed by atoms with Crippen molar-refractivity contribution in [1.82, 2.24) is 0 Å². The summed E-state index contributed by atoms with van der Waals surface area (Å²) in [6, 6.07) is 11.4. The first-order valence-electron chi connectivity index (χ1n) is 5.58. The number of nitrogens with two attached hydrogens (primary N) is 1. The third-order valence-corrected chi connectivity index (χ3v) is 3.26. The molecule has 0 aliphatic heterocycles. The fourth-order valence-electron chi connectivity index (χ4n) is 1.66. The molecule has 1 amide bonds. The van der Waals surface area contributed by atoms with Crippen LogP contribution in [0.1, 0.15) is 15.9 Å². The summed E-state index contributed by atoms with van der Waals surface area (Å²) in [6.45, 7) is 0. The molecule has 0 saturated carbocycles. The fraction of sp³-hybridized carbons (Fsp3) is 0. The van der Waals surface area contributed by atoms with Crippen LogP contribution < -0.4 is 11.1 Å². The summed E-state index contributed by atoms with van der Waals surface area (Å²) in [5.41, 5.74) is 6.93. The van der Waals surface area contributed by atoms with Gasteiger partial charge in [0.1, 0.15) is 6.07 Å². The molecule has 6 heteroatoms. The lowest BCUT2D eigenvalue weighted by Gasteiger charge is -2.09. The van der Waals surface area contributed by atoms with Gasteiger partial charge in [0.2, 0.25) is 0 Å². The van der Waals surface area contributed by atoms with Gasteiger partial charge in [0.05, 0.1) is 21.2 Å². The van der Waals surface area contributed by atoms with Gasteiger partial charge in [0.15, 0.2) is 0 Å². The molecule has 100 valence electrons. The molecule has 0 aliphatic carbocycles. The molecule has 0 unspecified atom stereocenters. The number of rotatable bonds is 2. The minimum atomic E-state index is -0.445. The first kappa shape index (κ1) is 14.2. The zero-order valence-electron chi connectivity index (χ0n) is 10.2. The Morgan fingerprint density at radius 3 is 2.60 bits per heavy atom. The van der Waals surface area contributed by atoms with Crippen molar-refractivity contribution in [2.45, 2.75) is 0 Å². The van der Waals surface area contributed by atoms with Crippen molar-refractivity contribution in [1.29, 1.82) is 5.26 Å². The summed E-state index contributed by atoms with van der Waals surface area (Å²) >= 11 is 11.8. The molecule has 0 fully saturated rings. The summed E-state index contributed by atoms with van der Waals surface area (Å²) in [6.07, 6.45) is 0. The van der Waals surface area contributed by atoms with Gasteiger partial charge in [-0.3, -0.25) is 4.79 Å². The van der Waals surface area contributed by atoms with Crippen molar-refractivity contribution >= 4 is 40.5 Å². The molecular formula is C14H9Cl2N3O. The van der Waals surface area contributed by atoms with E-state index in [2.05, 4.69) is 5.32 Å². The van der Waals surface area contributed by atoms with E-state index in [4.69, 9.17) is 34.2 Å². The van der Waals surface area contributed by atoms with Gasteiger partial charge in [-0.15, -0.1) is 0 Å². The van der Waals surface area contributed by atoms with Crippen LogP contribution in [-0.4, -0.2) is 5.91 Å². The number of halogens is 2. The summed E-state index contributed by atoms with van der Waals surface area (Å²) in [4.78, 5) is 12.1. The second-order valence-electron chi connectivity index (χ2n) is 3.96. The van der Waals surface area contributed by atoms with Gasteiger partial charge in [-0.1, -0.05) is 29.3 Å². The average molecular weight is 306 g/mol. The third kappa shape index (κ3) is 2.85. The van der Waals surface area contributed by atoms with E-state index >= 15 is 0 Å². The Kier molecular flexibility index (Phi) is 4.14. The second kappa shape index (κ2) is 5.83. The molecule has 20 heavy (non-hydrogen) atoms. The molecule has 0 radical (unpaired) electrons. The molecule has 0 aliphatic rings. The average Bonchev–Trinajstić information content (AvgIpc) is 2.40. The molecule has 0 atom stereocenters. The Morgan fingerprint density at radius 1 is 1.20 bits per heavy atom. The molecule has 2 aromatic carbocycles. The lowest BCUT2D eigenvalue weighted by molar-refractivity contribution is 0.102. The van der Waals surface area contributed by atoms with Crippen molar-refractivity contribution in [3.63, 3.8) is 0 Å². The number of benzene rings is 2. The van der Waals surface area contributed by atoms with Crippen LogP contribution in [0, 0.1) is 11.3 Å². The van der Waals surface area contributed by atoms with Crippen LogP contribution in [0.15, 0.2) is 36.4 Å². The largest absolute Gasteiger partial charge is 0.398 e. The highest BCUT2D eigenvalue weighted by molar-refractivity contribution is 6.35. The van der Waals surface area contributed by atoms with E-state index < -0.39 is 5.91 Å². The summed E-state index contributed by atoms with van der Waals surface area (Å²) < 4.78 is 0. The van der Waals surface area contributed by atoms with Crippen molar-refractivity contribution < 1.29 is 4.79 Å². The van der Waals surface area contributed by atoms with Crippen LogP contribution in [0.3, 0.4) is 0 Å². The number of nitrogen functional groups attached to an aromatic ring is 1. The number of amides is 1. The number of hydrogen-bond donors (Lipinski definition) is 2. The minimum Gasteiger partial charge on any atom is -0.398 e. The minimum absolute atomic E-state index is 0.197. The normalized spacial score (nSPS) is 9.85. The van der Waals surface area contributed by atoms with Crippen molar-refractivity contribution in [3.8, 4) is 6.07 Å². The topological polar surface area (TPSA) is 78.9 Å². The molecular weight excluding hydrogens is 297 g/mol. The van der Waals surface area contributed by atoms with Crippen molar-refractivity contribution in [3.05, 3.63) is 57.6 Å². The summed E-state index contributed by atoms with van der Waals surface area (Å²) in [7, 11) is 0. The van der Waals surface area contributed by atoms with E-state index in [0.717, 1.165) is 0 Å². The molecule has 3 N–H and O–H groups in total. The van der Waals surface area contributed by atoms with Crippen LogP contribution in [0.25, 0.3) is 0 Å². The van der Waals surface area contributed by atoms with Gasteiger partial charge < -0.3 is 11.1 Å². The first-order chi connectivity index (χ1) is 9.52. The lowest BCUT2D eigenvalue weighted by Crippen LogP contribution is -2.14. The zero-order valence-corrected chi connectivity index (χ0v) is 11.7. The molecule has 0 heterocycles. The predicted octanol–water partition coefficient (Wildman–Crippen LogP) is 3.70. The zero-order chi connectivity index (χ0) is 14.7.